The van der Waals surface area contributed by atoms with Gasteiger partial charge in [-0.05, 0) is 25.8 Å². The third-order valence-electron chi connectivity index (χ3n) is 5.03. The van der Waals surface area contributed by atoms with Gasteiger partial charge in [0.2, 0.25) is 0 Å². The van der Waals surface area contributed by atoms with Crippen molar-refractivity contribution in [2.45, 2.75) is 51.2 Å². The van der Waals surface area contributed by atoms with Gasteiger partial charge in [-0.25, -0.2) is 0 Å². The maximum Gasteiger partial charge on any atom is 0.313 e. The first-order chi connectivity index (χ1) is 9.54. The van der Waals surface area contributed by atoms with Crippen LogP contribution < -0.4 is 10.5 Å². The Balaban J connectivity index is 1.86. The highest BCUT2D eigenvalue weighted by molar-refractivity contribution is 5.52. The van der Waals surface area contributed by atoms with E-state index in [0.29, 0.717) is 11.3 Å². The molecule has 2 fully saturated rings. The molecule has 3 rings (SSSR count). The van der Waals surface area contributed by atoms with Gasteiger partial charge in [0.05, 0.1) is 4.92 Å². The Labute approximate surface area is 118 Å². The molecule has 1 aromatic carbocycles. The Morgan fingerprint density at radius 2 is 2.10 bits per heavy atom. The fraction of sp³-hybridized carbons (Fsp3) is 0.600. The SMILES string of the molecule is Cc1cccc(OC2CC(N)C23CCCC3)c1[N+](=O)[O-]. The third-order valence-corrected chi connectivity index (χ3v) is 5.03. The number of benzene rings is 1. The molecule has 2 atom stereocenters. The zero-order chi connectivity index (χ0) is 14.3. The lowest BCUT2D eigenvalue weighted by Gasteiger charge is -2.52. The average Bonchev–Trinajstić information content (AvgIpc) is 2.90. The van der Waals surface area contributed by atoms with Gasteiger partial charge in [0, 0.05) is 23.4 Å². The number of aryl methyl sites for hydroxylation is 1. The second-order valence-corrected chi connectivity index (χ2v) is 6.07. The van der Waals surface area contributed by atoms with Gasteiger partial charge in [0.1, 0.15) is 6.10 Å². The Bertz CT molecular complexity index is 538. The monoisotopic (exact) mass is 276 g/mol. The van der Waals surface area contributed by atoms with Crippen LogP contribution in [-0.4, -0.2) is 17.1 Å². The first-order valence-electron chi connectivity index (χ1n) is 7.21. The number of para-hydroxylation sites is 1. The molecule has 5 nitrogen and oxygen atoms in total. The van der Waals surface area contributed by atoms with Gasteiger partial charge < -0.3 is 10.5 Å². The smallest absolute Gasteiger partial charge is 0.313 e. The minimum Gasteiger partial charge on any atom is -0.483 e. The summed E-state index contributed by atoms with van der Waals surface area (Å²) in [5.74, 6) is 0.387. The Kier molecular flexibility index (Phi) is 3.17. The topological polar surface area (TPSA) is 78.4 Å². The van der Waals surface area contributed by atoms with Crippen molar-refractivity contribution >= 4 is 5.69 Å². The molecule has 0 amide bonds. The molecule has 0 aromatic heterocycles. The van der Waals surface area contributed by atoms with E-state index >= 15 is 0 Å². The van der Waals surface area contributed by atoms with Crippen LogP contribution in [0.5, 0.6) is 5.75 Å². The zero-order valence-electron chi connectivity index (χ0n) is 11.7. The van der Waals surface area contributed by atoms with Crippen LogP contribution in [-0.2, 0) is 0 Å². The van der Waals surface area contributed by atoms with E-state index in [4.69, 9.17) is 10.5 Å². The van der Waals surface area contributed by atoms with Crippen molar-refractivity contribution in [2.75, 3.05) is 0 Å². The molecular weight excluding hydrogens is 256 g/mol. The average molecular weight is 276 g/mol. The standard InChI is InChI=1S/C15H20N2O3/c1-10-5-4-6-11(14(10)17(18)19)20-13-9-12(16)15(13)7-2-3-8-15/h4-6,12-13H,2-3,7-9,16H2,1H3. The summed E-state index contributed by atoms with van der Waals surface area (Å²) in [7, 11) is 0. The van der Waals surface area contributed by atoms with E-state index in [1.54, 1.807) is 25.1 Å². The van der Waals surface area contributed by atoms with Crippen LogP contribution in [0.3, 0.4) is 0 Å². The van der Waals surface area contributed by atoms with Crippen molar-refractivity contribution in [3.63, 3.8) is 0 Å². The molecule has 2 unspecified atom stereocenters. The molecule has 2 aliphatic rings. The number of nitro groups is 1. The van der Waals surface area contributed by atoms with Gasteiger partial charge in [-0.1, -0.05) is 25.0 Å². The largest absolute Gasteiger partial charge is 0.483 e. The highest BCUT2D eigenvalue weighted by Gasteiger charge is 2.56. The summed E-state index contributed by atoms with van der Waals surface area (Å²) in [6, 6.07) is 5.41. The molecule has 0 bridgehead atoms. The fourth-order valence-electron chi connectivity index (χ4n) is 3.78. The van der Waals surface area contributed by atoms with Crippen LogP contribution in [0.4, 0.5) is 5.69 Å². The normalized spacial score (nSPS) is 27.3. The molecule has 0 aliphatic heterocycles. The molecule has 1 aromatic rings. The van der Waals surface area contributed by atoms with Gasteiger partial charge >= 0.3 is 5.69 Å². The summed E-state index contributed by atoms with van der Waals surface area (Å²) in [4.78, 5) is 10.9. The second-order valence-electron chi connectivity index (χ2n) is 6.07. The van der Waals surface area contributed by atoms with Crippen LogP contribution in [0.25, 0.3) is 0 Å². The molecule has 2 N–H and O–H groups in total. The van der Waals surface area contributed by atoms with E-state index in [2.05, 4.69) is 0 Å². The lowest BCUT2D eigenvalue weighted by atomic mass is 9.61. The number of ether oxygens (including phenoxy) is 1. The van der Waals surface area contributed by atoms with Gasteiger partial charge in [0.15, 0.2) is 5.75 Å². The first kappa shape index (κ1) is 13.4. The highest BCUT2D eigenvalue weighted by atomic mass is 16.6. The van der Waals surface area contributed by atoms with E-state index in [1.165, 1.54) is 12.8 Å². The summed E-state index contributed by atoms with van der Waals surface area (Å²) in [5, 5.41) is 11.2. The van der Waals surface area contributed by atoms with Gasteiger partial charge in [-0.15, -0.1) is 0 Å². The Hall–Kier alpha value is -1.62. The lowest BCUT2D eigenvalue weighted by molar-refractivity contribution is -0.386. The molecule has 0 saturated heterocycles. The molecule has 2 aliphatic carbocycles. The maximum atomic E-state index is 11.2. The number of nitro benzene ring substituents is 1. The van der Waals surface area contributed by atoms with Gasteiger partial charge in [-0.2, -0.15) is 0 Å². The van der Waals surface area contributed by atoms with Crippen molar-refractivity contribution in [3.8, 4) is 5.75 Å². The highest BCUT2D eigenvalue weighted by Crippen LogP contribution is 2.54. The summed E-state index contributed by atoms with van der Waals surface area (Å²) in [6.45, 7) is 1.74. The molecule has 0 heterocycles. The number of hydrogen-bond donors (Lipinski definition) is 1. The van der Waals surface area contributed by atoms with Crippen LogP contribution in [0.2, 0.25) is 0 Å². The van der Waals surface area contributed by atoms with Crippen LogP contribution in [0.1, 0.15) is 37.7 Å². The number of nitrogens with two attached hydrogens (primary N) is 1. The van der Waals surface area contributed by atoms with Crippen molar-refractivity contribution in [1.82, 2.24) is 0 Å². The molecule has 108 valence electrons. The lowest BCUT2D eigenvalue weighted by Crippen LogP contribution is -2.62. The van der Waals surface area contributed by atoms with E-state index in [0.717, 1.165) is 19.3 Å². The van der Waals surface area contributed by atoms with Crippen LogP contribution >= 0.6 is 0 Å². The fourth-order valence-corrected chi connectivity index (χ4v) is 3.78. The van der Waals surface area contributed by atoms with Gasteiger partial charge in [0.25, 0.3) is 0 Å². The summed E-state index contributed by atoms with van der Waals surface area (Å²) in [5.41, 5.74) is 6.95. The van der Waals surface area contributed by atoms with Crippen molar-refractivity contribution in [2.24, 2.45) is 11.1 Å². The number of nitrogens with zero attached hydrogens (tertiary/aromatic N) is 1. The second kappa shape index (κ2) is 4.74. The third kappa shape index (κ3) is 1.88. The van der Waals surface area contributed by atoms with Crippen molar-refractivity contribution in [3.05, 3.63) is 33.9 Å². The van der Waals surface area contributed by atoms with Crippen LogP contribution in [0.15, 0.2) is 18.2 Å². The predicted molar refractivity (Wildman–Crippen MR) is 75.7 cm³/mol. The number of rotatable bonds is 3. The first-order valence-corrected chi connectivity index (χ1v) is 7.21. The van der Waals surface area contributed by atoms with Crippen LogP contribution in [0, 0.1) is 22.5 Å². The van der Waals surface area contributed by atoms with Gasteiger partial charge in [-0.3, -0.25) is 10.1 Å². The van der Waals surface area contributed by atoms with E-state index in [1.807, 2.05) is 0 Å². The maximum absolute atomic E-state index is 11.2. The minimum atomic E-state index is -0.357. The molecule has 5 heteroatoms. The molecular formula is C15H20N2O3. The minimum absolute atomic E-state index is 0.0282. The predicted octanol–water partition coefficient (Wildman–Crippen LogP) is 2.94. The summed E-state index contributed by atoms with van der Waals surface area (Å²) in [6.07, 6.45) is 5.36. The Morgan fingerprint density at radius 3 is 2.70 bits per heavy atom. The van der Waals surface area contributed by atoms with E-state index in [9.17, 15) is 10.1 Å². The summed E-state index contributed by atoms with van der Waals surface area (Å²) >= 11 is 0. The van der Waals surface area contributed by atoms with Crippen molar-refractivity contribution < 1.29 is 9.66 Å². The Morgan fingerprint density at radius 1 is 1.40 bits per heavy atom. The van der Waals surface area contributed by atoms with Crippen molar-refractivity contribution in [1.29, 1.82) is 0 Å². The summed E-state index contributed by atoms with van der Waals surface area (Å²) < 4.78 is 6.01. The van der Waals surface area contributed by atoms with E-state index < -0.39 is 0 Å². The quantitative estimate of drug-likeness (QED) is 0.680. The molecule has 1 spiro atoms. The molecule has 20 heavy (non-hydrogen) atoms. The molecule has 0 radical (unpaired) electrons. The molecule has 2 saturated carbocycles. The van der Waals surface area contributed by atoms with E-state index in [-0.39, 0.29) is 28.2 Å². The number of hydrogen-bond acceptors (Lipinski definition) is 4. The zero-order valence-corrected chi connectivity index (χ0v) is 11.7.